The van der Waals surface area contributed by atoms with Crippen LogP contribution < -0.4 is 5.32 Å². The van der Waals surface area contributed by atoms with Gasteiger partial charge in [0.05, 0.1) is 6.20 Å². The lowest BCUT2D eigenvalue weighted by Gasteiger charge is -2.17. The minimum Gasteiger partial charge on any atom is -0.338 e. The zero-order valence-electron chi connectivity index (χ0n) is 11.5. The molecule has 0 amide bonds. The van der Waals surface area contributed by atoms with Crippen molar-refractivity contribution in [3.63, 3.8) is 0 Å². The highest BCUT2D eigenvalue weighted by molar-refractivity contribution is 5.21. The van der Waals surface area contributed by atoms with Crippen LogP contribution in [0.5, 0.6) is 0 Å². The predicted octanol–water partition coefficient (Wildman–Crippen LogP) is 1.36. The Morgan fingerprint density at radius 2 is 2.17 bits per heavy atom. The molecule has 2 aromatic heterocycles. The molecule has 0 saturated carbocycles. The molecule has 2 aromatic rings. The van der Waals surface area contributed by atoms with Gasteiger partial charge in [-0.15, -0.1) is 0 Å². The van der Waals surface area contributed by atoms with Gasteiger partial charge in [0.2, 0.25) is 0 Å². The molecule has 0 aromatic carbocycles. The predicted molar refractivity (Wildman–Crippen MR) is 71.3 cm³/mol. The van der Waals surface area contributed by atoms with Crippen molar-refractivity contribution < 1.29 is 0 Å². The molecule has 0 aliphatic heterocycles. The average Bonchev–Trinajstić information content (AvgIpc) is 2.88. The van der Waals surface area contributed by atoms with Crippen molar-refractivity contribution in [1.82, 2.24) is 24.6 Å². The smallest absolute Gasteiger partial charge is 0.110 e. The van der Waals surface area contributed by atoms with Crippen LogP contribution in [0.1, 0.15) is 30.0 Å². The third-order valence-corrected chi connectivity index (χ3v) is 3.41. The van der Waals surface area contributed by atoms with Crippen LogP contribution in [0.4, 0.5) is 0 Å². The van der Waals surface area contributed by atoms with E-state index < -0.39 is 0 Å². The van der Waals surface area contributed by atoms with Gasteiger partial charge in [-0.05, 0) is 13.5 Å². The lowest BCUT2D eigenvalue weighted by atomic mass is 10.0. The van der Waals surface area contributed by atoms with Gasteiger partial charge in [0.25, 0.3) is 0 Å². The van der Waals surface area contributed by atoms with Crippen LogP contribution in [-0.4, -0.2) is 25.9 Å². The first kappa shape index (κ1) is 12.8. The highest BCUT2D eigenvalue weighted by atomic mass is 15.3. The van der Waals surface area contributed by atoms with Crippen LogP contribution in [-0.2, 0) is 20.5 Å². The topological polar surface area (TPSA) is 47.7 Å². The molecule has 2 rings (SSSR count). The first-order valence-electron chi connectivity index (χ1n) is 6.31. The maximum absolute atomic E-state index is 4.40. The minimum absolute atomic E-state index is 0.268. The molecule has 0 radical (unpaired) electrons. The van der Waals surface area contributed by atoms with Crippen LogP contribution in [0.3, 0.4) is 0 Å². The largest absolute Gasteiger partial charge is 0.338 e. The number of likely N-dealkylation sites (N-methyl/N-ethyl adjacent to an activating group) is 1. The standard InChI is InChI=1S/C13H21N5/c1-5-14-12(8-13-15-6-7-17(13)3)11-9-16-18(4)10(11)2/h6-7,9,12,14H,5,8H2,1-4H3. The number of aromatic nitrogens is 4. The molecule has 1 atom stereocenters. The molecule has 0 bridgehead atoms. The van der Waals surface area contributed by atoms with E-state index in [1.165, 1.54) is 11.3 Å². The van der Waals surface area contributed by atoms with Gasteiger partial charge >= 0.3 is 0 Å². The Labute approximate surface area is 108 Å². The van der Waals surface area contributed by atoms with E-state index in [9.17, 15) is 0 Å². The maximum Gasteiger partial charge on any atom is 0.110 e. The molecule has 0 aliphatic carbocycles. The van der Waals surface area contributed by atoms with Crippen molar-refractivity contribution in [3.05, 3.63) is 35.7 Å². The number of imidazole rings is 1. The van der Waals surface area contributed by atoms with Gasteiger partial charge < -0.3 is 9.88 Å². The SMILES string of the molecule is CCNC(Cc1nccn1C)c1cnn(C)c1C. The number of nitrogens with one attached hydrogen (secondary N) is 1. The number of hydrogen-bond acceptors (Lipinski definition) is 3. The zero-order valence-corrected chi connectivity index (χ0v) is 11.5. The second-order valence-corrected chi connectivity index (χ2v) is 4.58. The summed E-state index contributed by atoms with van der Waals surface area (Å²) in [4.78, 5) is 4.40. The number of rotatable bonds is 5. The van der Waals surface area contributed by atoms with Gasteiger partial charge in [-0.1, -0.05) is 6.92 Å². The van der Waals surface area contributed by atoms with E-state index in [2.05, 4.69) is 33.8 Å². The fourth-order valence-electron chi connectivity index (χ4n) is 2.17. The van der Waals surface area contributed by atoms with Gasteiger partial charge in [-0.25, -0.2) is 4.98 Å². The second-order valence-electron chi connectivity index (χ2n) is 4.58. The summed E-state index contributed by atoms with van der Waals surface area (Å²) >= 11 is 0. The molecule has 98 valence electrons. The first-order valence-corrected chi connectivity index (χ1v) is 6.31. The van der Waals surface area contributed by atoms with E-state index in [0.717, 1.165) is 18.8 Å². The normalized spacial score (nSPS) is 12.9. The Bertz CT molecular complexity index is 511. The fourth-order valence-corrected chi connectivity index (χ4v) is 2.17. The maximum atomic E-state index is 4.40. The lowest BCUT2D eigenvalue weighted by Crippen LogP contribution is -2.24. The van der Waals surface area contributed by atoms with Gasteiger partial charge in [-0.2, -0.15) is 5.10 Å². The molecule has 2 heterocycles. The average molecular weight is 247 g/mol. The van der Waals surface area contributed by atoms with Crippen LogP contribution in [0, 0.1) is 6.92 Å². The molecule has 5 heteroatoms. The molecule has 18 heavy (non-hydrogen) atoms. The Hall–Kier alpha value is -1.62. The molecule has 1 unspecified atom stereocenters. The highest BCUT2D eigenvalue weighted by Crippen LogP contribution is 2.20. The second kappa shape index (κ2) is 5.35. The Morgan fingerprint density at radius 3 is 2.67 bits per heavy atom. The van der Waals surface area contributed by atoms with Crippen LogP contribution in [0.2, 0.25) is 0 Å². The van der Waals surface area contributed by atoms with Crippen LogP contribution in [0.25, 0.3) is 0 Å². The molecule has 0 fully saturated rings. The van der Waals surface area contributed by atoms with Crippen molar-refractivity contribution >= 4 is 0 Å². The lowest BCUT2D eigenvalue weighted by molar-refractivity contribution is 0.525. The van der Waals surface area contributed by atoms with E-state index in [0.29, 0.717) is 0 Å². The summed E-state index contributed by atoms with van der Waals surface area (Å²) in [7, 11) is 4.00. The van der Waals surface area contributed by atoms with Gasteiger partial charge in [-0.3, -0.25) is 4.68 Å². The quantitative estimate of drug-likeness (QED) is 0.867. The van der Waals surface area contributed by atoms with E-state index >= 15 is 0 Å². The monoisotopic (exact) mass is 247 g/mol. The summed E-state index contributed by atoms with van der Waals surface area (Å²) in [6.07, 6.45) is 6.65. The summed E-state index contributed by atoms with van der Waals surface area (Å²) in [6, 6.07) is 0.268. The summed E-state index contributed by atoms with van der Waals surface area (Å²) in [5.74, 6) is 1.09. The van der Waals surface area contributed by atoms with Gasteiger partial charge in [0, 0.05) is 50.2 Å². The van der Waals surface area contributed by atoms with E-state index in [1.807, 2.05) is 37.4 Å². The third kappa shape index (κ3) is 2.46. The fraction of sp³-hybridized carbons (Fsp3) is 0.538. The molecular formula is C13H21N5. The van der Waals surface area contributed by atoms with Crippen LogP contribution >= 0.6 is 0 Å². The summed E-state index contributed by atoms with van der Waals surface area (Å²) in [6.45, 7) is 5.16. The Balaban J connectivity index is 2.23. The van der Waals surface area contributed by atoms with Crippen molar-refractivity contribution in [2.45, 2.75) is 26.3 Å². The summed E-state index contributed by atoms with van der Waals surface area (Å²) in [5.41, 5.74) is 2.46. The minimum atomic E-state index is 0.268. The van der Waals surface area contributed by atoms with Gasteiger partial charge in [0.15, 0.2) is 0 Å². The van der Waals surface area contributed by atoms with Gasteiger partial charge in [0.1, 0.15) is 5.82 Å². The number of nitrogens with zero attached hydrogens (tertiary/aromatic N) is 4. The van der Waals surface area contributed by atoms with E-state index in [1.54, 1.807) is 0 Å². The molecule has 0 spiro atoms. The molecule has 0 saturated heterocycles. The van der Waals surface area contributed by atoms with Crippen molar-refractivity contribution in [2.75, 3.05) is 6.54 Å². The van der Waals surface area contributed by atoms with E-state index in [4.69, 9.17) is 0 Å². The summed E-state index contributed by atoms with van der Waals surface area (Å²) < 4.78 is 3.98. The zero-order chi connectivity index (χ0) is 13.1. The third-order valence-electron chi connectivity index (χ3n) is 3.41. The highest BCUT2D eigenvalue weighted by Gasteiger charge is 2.18. The summed E-state index contributed by atoms with van der Waals surface area (Å²) in [5, 5.41) is 7.83. The number of aryl methyl sites for hydroxylation is 2. The molecule has 1 N–H and O–H groups in total. The van der Waals surface area contributed by atoms with Crippen molar-refractivity contribution in [2.24, 2.45) is 14.1 Å². The molecule has 5 nitrogen and oxygen atoms in total. The Morgan fingerprint density at radius 1 is 1.39 bits per heavy atom. The van der Waals surface area contributed by atoms with Crippen LogP contribution in [0.15, 0.2) is 18.6 Å². The van der Waals surface area contributed by atoms with Crippen molar-refractivity contribution in [1.29, 1.82) is 0 Å². The van der Waals surface area contributed by atoms with Crippen molar-refractivity contribution in [3.8, 4) is 0 Å². The first-order chi connectivity index (χ1) is 8.63. The molecule has 0 aliphatic rings. The van der Waals surface area contributed by atoms with E-state index in [-0.39, 0.29) is 6.04 Å². The molecular weight excluding hydrogens is 226 g/mol. The number of hydrogen-bond donors (Lipinski definition) is 1. The Kier molecular flexibility index (Phi) is 3.81.